The molecule has 94 valence electrons. The van der Waals surface area contributed by atoms with Gasteiger partial charge in [-0.05, 0) is 24.1 Å². The minimum atomic E-state index is -0.654. The third-order valence-corrected chi connectivity index (χ3v) is 3.87. The fraction of sp³-hybridized carbons (Fsp3) is 0.200. The van der Waals surface area contributed by atoms with Gasteiger partial charge in [-0.1, -0.05) is 42.5 Å². The van der Waals surface area contributed by atoms with E-state index in [2.05, 4.69) is 0 Å². The Morgan fingerprint density at radius 2 is 1.83 bits per heavy atom. The molecule has 0 aliphatic carbocycles. The van der Waals surface area contributed by atoms with Crippen LogP contribution in [0.5, 0.6) is 0 Å². The van der Waals surface area contributed by atoms with Crippen LogP contribution in [-0.2, 0) is 5.75 Å². The number of hydrogen-bond acceptors (Lipinski definition) is 2. The summed E-state index contributed by atoms with van der Waals surface area (Å²) in [7, 11) is 0. The van der Waals surface area contributed by atoms with E-state index < -0.39 is 6.10 Å². The second kappa shape index (κ2) is 6.03. The lowest BCUT2D eigenvalue weighted by Gasteiger charge is -2.12. The summed E-state index contributed by atoms with van der Waals surface area (Å²) in [5.41, 5.74) is 1.79. The van der Waals surface area contributed by atoms with Crippen molar-refractivity contribution in [2.45, 2.75) is 23.7 Å². The van der Waals surface area contributed by atoms with Crippen LogP contribution in [0, 0.1) is 5.82 Å². The van der Waals surface area contributed by atoms with Crippen molar-refractivity contribution in [3.05, 3.63) is 65.5 Å². The summed E-state index contributed by atoms with van der Waals surface area (Å²) in [5, 5.41) is 9.65. The molecule has 0 aliphatic rings. The van der Waals surface area contributed by atoms with Crippen LogP contribution in [0.2, 0.25) is 0 Å². The molecule has 0 aliphatic heterocycles. The van der Waals surface area contributed by atoms with Gasteiger partial charge < -0.3 is 5.11 Å². The molecule has 1 N–H and O–H groups in total. The van der Waals surface area contributed by atoms with E-state index in [9.17, 15) is 9.50 Å². The Balaban J connectivity index is 2.19. The summed E-state index contributed by atoms with van der Waals surface area (Å²) >= 11 is 1.42. The number of hydrogen-bond donors (Lipinski definition) is 1. The third-order valence-electron chi connectivity index (χ3n) is 2.67. The third kappa shape index (κ3) is 3.12. The molecule has 3 heteroatoms. The Morgan fingerprint density at radius 3 is 2.50 bits per heavy atom. The smallest absolute Gasteiger partial charge is 0.137 e. The van der Waals surface area contributed by atoms with Gasteiger partial charge in [0.15, 0.2) is 0 Å². The fourth-order valence-corrected chi connectivity index (χ4v) is 2.85. The standard InChI is InChI=1S/C15H15FOS/c1-11(17)13-8-5-9-14(16)15(13)18-10-12-6-3-2-4-7-12/h2-9,11,17H,10H2,1H3/t11-/m0/s1. The maximum absolute atomic E-state index is 13.8. The maximum atomic E-state index is 13.8. The quantitative estimate of drug-likeness (QED) is 0.834. The van der Waals surface area contributed by atoms with Gasteiger partial charge in [0, 0.05) is 10.6 Å². The minimum Gasteiger partial charge on any atom is -0.389 e. The van der Waals surface area contributed by atoms with Gasteiger partial charge in [0.2, 0.25) is 0 Å². The molecule has 0 heterocycles. The molecule has 0 saturated carbocycles. The SMILES string of the molecule is C[C@H](O)c1cccc(F)c1SCc1ccccc1. The molecule has 0 unspecified atom stereocenters. The predicted octanol–water partition coefficient (Wildman–Crippen LogP) is 4.17. The van der Waals surface area contributed by atoms with Crippen LogP contribution in [0.25, 0.3) is 0 Å². The highest BCUT2D eigenvalue weighted by molar-refractivity contribution is 7.98. The zero-order valence-corrected chi connectivity index (χ0v) is 11.0. The zero-order valence-electron chi connectivity index (χ0n) is 10.1. The average Bonchev–Trinajstić information content (AvgIpc) is 2.38. The largest absolute Gasteiger partial charge is 0.389 e. The van der Waals surface area contributed by atoms with Crippen LogP contribution in [0.4, 0.5) is 4.39 Å². The Hall–Kier alpha value is -1.32. The molecule has 0 spiro atoms. The van der Waals surface area contributed by atoms with Crippen LogP contribution in [0.3, 0.4) is 0 Å². The first-order chi connectivity index (χ1) is 8.68. The molecular weight excluding hydrogens is 247 g/mol. The summed E-state index contributed by atoms with van der Waals surface area (Å²) in [5.74, 6) is 0.427. The van der Waals surface area contributed by atoms with E-state index in [4.69, 9.17) is 0 Å². The Kier molecular flexibility index (Phi) is 4.39. The lowest BCUT2D eigenvalue weighted by Crippen LogP contribution is -1.97. The molecule has 0 fully saturated rings. The van der Waals surface area contributed by atoms with Crippen LogP contribution in [-0.4, -0.2) is 5.11 Å². The van der Waals surface area contributed by atoms with Gasteiger partial charge in [0.25, 0.3) is 0 Å². The molecular formula is C15H15FOS. The number of aliphatic hydroxyl groups excluding tert-OH is 1. The first-order valence-electron chi connectivity index (χ1n) is 5.81. The number of thioether (sulfide) groups is 1. The van der Waals surface area contributed by atoms with Crippen LogP contribution in [0.1, 0.15) is 24.2 Å². The summed E-state index contributed by atoms with van der Waals surface area (Å²) in [6, 6.07) is 14.7. The summed E-state index contributed by atoms with van der Waals surface area (Å²) in [4.78, 5) is 0.538. The predicted molar refractivity (Wildman–Crippen MR) is 73.0 cm³/mol. The van der Waals surface area contributed by atoms with Crippen molar-refractivity contribution in [2.75, 3.05) is 0 Å². The molecule has 2 rings (SSSR count). The van der Waals surface area contributed by atoms with E-state index in [0.29, 0.717) is 16.2 Å². The Bertz CT molecular complexity index is 511. The second-order valence-corrected chi connectivity index (χ2v) is 5.09. The van der Waals surface area contributed by atoms with Gasteiger partial charge in [-0.25, -0.2) is 4.39 Å². The van der Waals surface area contributed by atoms with E-state index in [1.807, 2.05) is 30.3 Å². The molecule has 1 nitrogen and oxygen atoms in total. The summed E-state index contributed by atoms with van der Waals surface area (Å²) < 4.78 is 13.8. The number of halogens is 1. The van der Waals surface area contributed by atoms with Gasteiger partial charge >= 0.3 is 0 Å². The zero-order chi connectivity index (χ0) is 13.0. The van der Waals surface area contributed by atoms with Crippen molar-refractivity contribution >= 4 is 11.8 Å². The Morgan fingerprint density at radius 1 is 1.11 bits per heavy atom. The van der Waals surface area contributed by atoms with Crippen LogP contribution < -0.4 is 0 Å². The lowest BCUT2D eigenvalue weighted by atomic mass is 10.1. The van der Waals surface area contributed by atoms with E-state index in [1.54, 1.807) is 19.1 Å². The molecule has 18 heavy (non-hydrogen) atoms. The number of rotatable bonds is 4. The Labute approximate surface area is 111 Å². The van der Waals surface area contributed by atoms with Crippen molar-refractivity contribution in [1.29, 1.82) is 0 Å². The van der Waals surface area contributed by atoms with Crippen molar-refractivity contribution in [1.82, 2.24) is 0 Å². The van der Waals surface area contributed by atoms with Gasteiger partial charge in [0.05, 0.1) is 6.10 Å². The number of aliphatic hydroxyl groups is 1. The van der Waals surface area contributed by atoms with Gasteiger partial charge in [0.1, 0.15) is 5.82 Å². The van der Waals surface area contributed by atoms with E-state index in [0.717, 1.165) is 5.56 Å². The monoisotopic (exact) mass is 262 g/mol. The molecule has 0 amide bonds. The second-order valence-electron chi connectivity index (χ2n) is 4.11. The average molecular weight is 262 g/mol. The summed E-state index contributed by atoms with van der Waals surface area (Å²) in [6.45, 7) is 1.65. The van der Waals surface area contributed by atoms with Crippen molar-refractivity contribution < 1.29 is 9.50 Å². The lowest BCUT2D eigenvalue weighted by molar-refractivity contribution is 0.195. The molecule has 0 radical (unpaired) electrons. The molecule has 2 aromatic rings. The fourth-order valence-electron chi connectivity index (χ4n) is 1.74. The van der Waals surface area contributed by atoms with Crippen molar-refractivity contribution in [2.24, 2.45) is 0 Å². The first-order valence-corrected chi connectivity index (χ1v) is 6.80. The molecule has 1 atom stereocenters. The molecule has 2 aromatic carbocycles. The highest BCUT2D eigenvalue weighted by Gasteiger charge is 2.12. The maximum Gasteiger partial charge on any atom is 0.137 e. The first kappa shape index (κ1) is 13.1. The van der Waals surface area contributed by atoms with Crippen molar-refractivity contribution in [3.8, 4) is 0 Å². The van der Waals surface area contributed by atoms with Gasteiger partial charge in [-0.2, -0.15) is 0 Å². The highest BCUT2D eigenvalue weighted by Crippen LogP contribution is 2.32. The minimum absolute atomic E-state index is 0.269. The number of benzene rings is 2. The molecule has 0 aromatic heterocycles. The normalized spacial score (nSPS) is 12.4. The topological polar surface area (TPSA) is 20.2 Å². The van der Waals surface area contributed by atoms with Crippen LogP contribution >= 0.6 is 11.8 Å². The molecule has 0 saturated heterocycles. The molecule has 0 bridgehead atoms. The van der Waals surface area contributed by atoms with E-state index in [-0.39, 0.29) is 5.82 Å². The van der Waals surface area contributed by atoms with Crippen molar-refractivity contribution in [3.63, 3.8) is 0 Å². The highest BCUT2D eigenvalue weighted by atomic mass is 32.2. The van der Waals surface area contributed by atoms with Gasteiger partial charge in [-0.3, -0.25) is 0 Å². The van der Waals surface area contributed by atoms with Gasteiger partial charge in [-0.15, -0.1) is 11.8 Å². The summed E-state index contributed by atoms with van der Waals surface area (Å²) in [6.07, 6.45) is -0.654. The van der Waals surface area contributed by atoms with E-state index in [1.165, 1.54) is 17.8 Å². The van der Waals surface area contributed by atoms with E-state index >= 15 is 0 Å². The van der Waals surface area contributed by atoms with Crippen LogP contribution in [0.15, 0.2) is 53.4 Å².